The number of amides is 1. The van der Waals surface area contributed by atoms with Crippen LogP contribution in [0.2, 0.25) is 0 Å². The van der Waals surface area contributed by atoms with Crippen molar-refractivity contribution in [2.75, 3.05) is 18.0 Å². The summed E-state index contributed by atoms with van der Waals surface area (Å²) in [6.45, 7) is 7.61. The number of β-amino-alcohol motifs (C(OH)–C–C–N with tert-alkyl or cyclic N) is 1. The minimum absolute atomic E-state index is 0.0130. The lowest BCUT2D eigenvalue weighted by atomic mass is 9.89. The van der Waals surface area contributed by atoms with Crippen molar-refractivity contribution in [2.24, 2.45) is 17.8 Å². The molecule has 6 heteroatoms. The summed E-state index contributed by atoms with van der Waals surface area (Å²) in [5.41, 5.74) is 2.00. The first kappa shape index (κ1) is 18.2. The van der Waals surface area contributed by atoms with Gasteiger partial charge in [-0.15, -0.1) is 0 Å². The van der Waals surface area contributed by atoms with Gasteiger partial charge in [0, 0.05) is 19.1 Å². The van der Waals surface area contributed by atoms with Crippen molar-refractivity contribution in [3.05, 3.63) is 23.4 Å². The van der Waals surface area contributed by atoms with E-state index in [-0.39, 0.29) is 23.6 Å². The normalized spacial score (nSPS) is 34.1. The number of carbonyl (C=O) groups is 1. The van der Waals surface area contributed by atoms with Crippen LogP contribution in [0.5, 0.6) is 0 Å². The molecule has 6 nitrogen and oxygen atoms in total. The summed E-state index contributed by atoms with van der Waals surface area (Å²) in [6, 6.07) is 0.254. The molecule has 3 fully saturated rings. The first-order chi connectivity index (χ1) is 13.3. The summed E-state index contributed by atoms with van der Waals surface area (Å²) in [7, 11) is 0. The van der Waals surface area contributed by atoms with Crippen LogP contribution < -0.4 is 10.2 Å². The second-order valence-electron chi connectivity index (χ2n) is 10.3. The average Bonchev–Trinajstić information content (AvgIpc) is 3.34. The van der Waals surface area contributed by atoms with Gasteiger partial charge in [-0.3, -0.25) is 4.79 Å². The second kappa shape index (κ2) is 6.34. The lowest BCUT2D eigenvalue weighted by Gasteiger charge is -2.28. The first-order valence-corrected chi connectivity index (χ1v) is 10.8. The van der Waals surface area contributed by atoms with Crippen LogP contribution in [-0.2, 0) is 5.54 Å². The van der Waals surface area contributed by atoms with Gasteiger partial charge in [0.05, 0.1) is 17.8 Å². The Bertz CT molecular complexity index is 821. The third-order valence-electron chi connectivity index (χ3n) is 7.27. The van der Waals surface area contributed by atoms with Crippen LogP contribution in [0.15, 0.2) is 17.8 Å². The molecular formula is C22H32N4O2. The molecule has 5 unspecified atom stereocenters. The van der Waals surface area contributed by atoms with Crippen molar-refractivity contribution in [2.45, 2.75) is 70.6 Å². The van der Waals surface area contributed by atoms with Crippen LogP contribution in [0.1, 0.15) is 63.2 Å². The summed E-state index contributed by atoms with van der Waals surface area (Å²) >= 11 is 0. The van der Waals surface area contributed by atoms with Gasteiger partial charge in [-0.05, 0) is 70.6 Å². The zero-order chi connectivity index (χ0) is 19.6. The molecule has 1 aromatic rings. The zero-order valence-electron chi connectivity index (χ0n) is 17.2. The van der Waals surface area contributed by atoms with Crippen molar-refractivity contribution in [1.82, 2.24) is 15.1 Å². The number of carbonyl (C=O) groups excluding carboxylic acids is 1. The number of aromatic nitrogens is 2. The molecule has 2 bridgehead atoms. The number of aliphatic hydroxyl groups is 1. The molecule has 0 radical (unpaired) electrons. The van der Waals surface area contributed by atoms with Gasteiger partial charge in [0.1, 0.15) is 11.4 Å². The maximum atomic E-state index is 13.3. The van der Waals surface area contributed by atoms with Crippen molar-refractivity contribution in [3.8, 4) is 0 Å². The number of nitrogens with one attached hydrogen (secondary N) is 1. The molecule has 1 aromatic heterocycles. The van der Waals surface area contributed by atoms with Gasteiger partial charge in [0.25, 0.3) is 5.91 Å². The number of fused-ring (bicyclic) bond motifs is 1. The Kier molecular flexibility index (Phi) is 4.13. The molecule has 5 rings (SSSR count). The molecule has 3 aliphatic carbocycles. The van der Waals surface area contributed by atoms with Crippen LogP contribution in [0.25, 0.3) is 0 Å². The lowest BCUT2D eigenvalue weighted by Crippen LogP contribution is -2.39. The van der Waals surface area contributed by atoms with E-state index in [2.05, 4.69) is 42.2 Å². The highest BCUT2D eigenvalue weighted by molar-refractivity contribution is 5.99. The van der Waals surface area contributed by atoms with Crippen LogP contribution in [-0.4, -0.2) is 46.0 Å². The largest absolute Gasteiger partial charge is 0.391 e. The van der Waals surface area contributed by atoms with E-state index >= 15 is 0 Å². The second-order valence-corrected chi connectivity index (χ2v) is 10.3. The predicted octanol–water partition coefficient (Wildman–Crippen LogP) is 2.68. The standard InChI is InChI=1S/C22H32N4O2/c1-22(2,3)26-21(25-7-6-15(27)12-25)18(11-23-26)20(28)24-19-10-14-5-4-13-8-16(14)17(19)9-13/h5,11,13,15-17,19,27H,4,6-10,12H2,1-3H3,(H,24,28). The maximum absolute atomic E-state index is 13.3. The van der Waals surface area contributed by atoms with E-state index in [9.17, 15) is 9.90 Å². The van der Waals surface area contributed by atoms with Gasteiger partial charge >= 0.3 is 0 Å². The van der Waals surface area contributed by atoms with Gasteiger partial charge in [-0.2, -0.15) is 5.10 Å². The Labute approximate surface area is 167 Å². The fourth-order valence-electron chi connectivity index (χ4n) is 5.99. The molecule has 2 N–H and O–H groups in total. The fraction of sp³-hybridized carbons (Fsp3) is 0.727. The van der Waals surface area contributed by atoms with E-state index < -0.39 is 0 Å². The molecule has 1 aliphatic heterocycles. The summed E-state index contributed by atoms with van der Waals surface area (Å²) in [5.74, 6) is 2.97. The topological polar surface area (TPSA) is 70.4 Å². The molecule has 4 aliphatic rings. The number of hydrogen-bond donors (Lipinski definition) is 2. The molecule has 2 saturated carbocycles. The molecule has 1 amide bonds. The first-order valence-electron chi connectivity index (χ1n) is 10.8. The third kappa shape index (κ3) is 2.88. The molecule has 2 heterocycles. The van der Waals surface area contributed by atoms with Gasteiger partial charge in [0.2, 0.25) is 0 Å². The van der Waals surface area contributed by atoms with Crippen LogP contribution in [0, 0.1) is 17.8 Å². The Morgan fingerprint density at radius 3 is 2.86 bits per heavy atom. The van der Waals surface area contributed by atoms with Crippen LogP contribution in [0.3, 0.4) is 0 Å². The smallest absolute Gasteiger partial charge is 0.256 e. The Morgan fingerprint density at radius 2 is 2.14 bits per heavy atom. The minimum Gasteiger partial charge on any atom is -0.391 e. The molecule has 0 aromatic carbocycles. The van der Waals surface area contributed by atoms with Crippen molar-refractivity contribution >= 4 is 11.7 Å². The lowest BCUT2D eigenvalue weighted by molar-refractivity contribution is 0.0926. The molecule has 28 heavy (non-hydrogen) atoms. The summed E-state index contributed by atoms with van der Waals surface area (Å²) < 4.78 is 1.94. The Hall–Kier alpha value is -1.82. The number of hydrogen-bond acceptors (Lipinski definition) is 4. The van der Waals surface area contributed by atoms with Crippen molar-refractivity contribution in [3.63, 3.8) is 0 Å². The highest BCUT2D eigenvalue weighted by Crippen LogP contribution is 2.54. The fourth-order valence-corrected chi connectivity index (χ4v) is 5.99. The molecule has 5 atom stereocenters. The number of anilines is 1. The van der Waals surface area contributed by atoms with Crippen molar-refractivity contribution in [1.29, 1.82) is 0 Å². The predicted molar refractivity (Wildman–Crippen MR) is 108 cm³/mol. The molecular weight excluding hydrogens is 352 g/mol. The number of rotatable bonds is 3. The highest BCUT2D eigenvalue weighted by atomic mass is 16.3. The van der Waals surface area contributed by atoms with E-state index in [1.165, 1.54) is 19.3 Å². The average molecular weight is 385 g/mol. The maximum Gasteiger partial charge on any atom is 0.256 e. The van der Waals surface area contributed by atoms with Gasteiger partial charge in [-0.25, -0.2) is 4.68 Å². The SMILES string of the molecule is CC(C)(C)n1ncc(C(=O)NC2CC3=CCC4CC3C2C4)c1N1CCC(O)C1. The summed E-state index contributed by atoms with van der Waals surface area (Å²) in [6.07, 6.45) is 9.38. The van der Waals surface area contributed by atoms with E-state index in [4.69, 9.17) is 0 Å². The number of allylic oxidation sites excluding steroid dienone is 1. The van der Waals surface area contributed by atoms with E-state index in [1.54, 1.807) is 11.8 Å². The van der Waals surface area contributed by atoms with E-state index in [0.717, 1.165) is 31.1 Å². The van der Waals surface area contributed by atoms with Crippen LogP contribution in [0.4, 0.5) is 5.82 Å². The molecule has 152 valence electrons. The number of aliphatic hydroxyl groups excluding tert-OH is 1. The minimum atomic E-state index is -0.337. The molecule has 0 spiro atoms. The van der Waals surface area contributed by atoms with Gasteiger partial charge < -0.3 is 15.3 Å². The number of nitrogens with zero attached hydrogens (tertiary/aromatic N) is 3. The monoisotopic (exact) mass is 384 g/mol. The van der Waals surface area contributed by atoms with Crippen molar-refractivity contribution < 1.29 is 9.90 Å². The molecule has 1 saturated heterocycles. The Balaban J connectivity index is 1.41. The quantitative estimate of drug-likeness (QED) is 0.786. The third-order valence-corrected chi connectivity index (χ3v) is 7.27. The van der Waals surface area contributed by atoms with Gasteiger partial charge in [0.15, 0.2) is 0 Å². The Morgan fingerprint density at radius 1 is 1.32 bits per heavy atom. The summed E-state index contributed by atoms with van der Waals surface area (Å²) in [5, 5.41) is 18.0. The van der Waals surface area contributed by atoms with E-state index in [1.807, 2.05) is 4.68 Å². The zero-order valence-corrected chi connectivity index (χ0v) is 17.2. The van der Waals surface area contributed by atoms with E-state index in [0.29, 0.717) is 23.9 Å². The van der Waals surface area contributed by atoms with Crippen LogP contribution >= 0.6 is 0 Å². The van der Waals surface area contributed by atoms with Gasteiger partial charge in [-0.1, -0.05) is 11.6 Å². The summed E-state index contributed by atoms with van der Waals surface area (Å²) in [4.78, 5) is 15.4. The highest BCUT2D eigenvalue weighted by Gasteiger charge is 2.48.